The van der Waals surface area contributed by atoms with Gasteiger partial charge in [0, 0.05) is 0 Å². The predicted octanol–water partition coefficient (Wildman–Crippen LogP) is 0.906. The minimum Gasteiger partial charge on any atom is -0.284 e. The third-order valence-corrected chi connectivity index (χ3v) is 3.48. The highest BCUT2D eigenvalue weighted by molar-refractivity contribution is 5.75. The number of aliphatic imine (C=N–C) groups is 2. The molecular formula is C14H16N8. The third kappa shape index (κ3) is 3.94. The molecule has 2 aromatic heterocycles. The van der Waals surface area contributed by atoms with Crippen molar-refractivity contribution in [3.05, 3.63) is 37.0 Å². The molecule has 22 heavy (non-hydrogen) atoms. The molecule has 0 amide bonds. The standard InChI is InChI=1S/C14H16N8/c1-2-4-12(18-6-14-21-9-16-10-22-14)11(3-1)17-5-13-19-7-15-8-20-13/h5-12H,1-4H2/b17-5+,18-6+. The van der Waals surface area contributed by atoms with Crippen LogP contribution >= 0.6 is 0 Å². The van der Waals surface area contributed by atoms with Crippen LogP contribution in [0.3, 0.4) is 0 Å². The van der Waals surface area contributed by atoms with E-state index in [0.717, 1.165) is 25.7 Å². The van der Waals surface area contributed by atoms with Crippen LogP contribution in [0.1, 0.15) is 37.3 Å². The Morgan fingerprint density at radius 1 is 0.727 bits per heavy atom. The summed E-state index contributed by atoms with van der Waals surface area (Å²) in [6.45, 7) is 0. The number of aromatic nitrogens is 6. The molecule has 0 N–H and O–H groups in total. The fourth-order valence-corrected chi connectivity index (χ4v) is 2.39. The summed E-state index contributed by atoms with van der Waals surface area (Å²) in [5.41, 5.74) is 0. The Labute approximate surface area is 128 Å². The first kappa shape index (κ1) is 14.3. The highest BCUT2D eigenvalue weighted by Gasteiger charge is 2.23. The molecule has 1 saturated carbocycles. The van der Waals surface area contributed by atoms with Crippen molar-refractivity contribution >= 4 is 12.4 Å². The van der Waals surface area contributed by atoms with E-state index in [1.165, 1.54) is 25.3 Å². The molecule has 2 heterocycles. The van der Waals surface area contributed by atoms with E-state index in [-0.39, 0.29) is 12.1 Å². The molecule has 0 aliphatic heterocycles. The van der Waals surface area contributed by atoms with Crippen molar-refractivity contribution in [2.75, 3.05) is 0 Å². The molecule has 0 bridgehead atoms. The van der Waals surface area contributed by atoms with Crippen LogP contribution in [0.15, 0.2) is 35.3 Å². The maximum atomic E-state index is 4.60. The zero-order chi connectivity index (χ0) is 15.0. The van der Waals surface area contributed by atoms with E-state index >= 15 is 0 Å². The van der Waals surface area contributed by atoms with Crippen LogP contribution < -0.4 is 0 Å². The van der Waals surface area contributed by atoms with Gasteiger partial charge in [-0.3, -0.25) is 9.98 Å². The molecular weight excluding hydrogens is 280 g/mol. The summed E-state index contributed by atoms with van der Waals surface area (Å²) in [6.07, 6.45) is 13.6. The summed E-state index contributed by atoms with van der Waals surface area (Å²) in [6, 6.07) is 0.284. The van der Waals surface area contributed by atoms with Crippen LogP contribution in [0, 0.1) is 0 Å². The lowest BCUT2D eigenvalue weighted by atomic mass is 9.91. The van der Waals surface area contributed by atoms with Gasteiger partial charge in [0.15, 0.2) is 11.6 Å². The molecule has 2 unspecified atom stereocenters. The number of hydrogen-bond acceptors (Lipinski definition) is 8. The number of rotatable bonds is 4. The van der Waals surface area contributed by atoms with Gasteiger partial charge >= 0.3 is 0 Å². The average Bonchev–Trinajstić information content (AvgIpc) is 2.61. The van der Waals surface area contributed by atoms with Gasteiger partial charge < -0.3 is 0 Å². The first-order chi connectivity index (χ1) is 10.9. The van der Waals surface area contributed by atoms with Crippen molar-refractivity contribution in [2.45, 2.75) is 37.8 Å². The smallest absolute Gasteiger partial charge is 0.173 e. The monoisotopic (exact) mass is 296 g/mol. The normalized spacial score (nSPS) is 22.4. The van der Waals surface area contributed by atoms with E-state index in [4.69, 9.17) is 0 Å². The zero-order valence-electron chi connectivity index (χ0n) is 12.0. The van der Waals surface area contributed by atoms with E-state index in [9.17, 15) is 0 Å². The minimum absolute atomic E-state index is 0.142. The predicted molar refractivity (Wildman–Crippen MR) is 80.9 cm³/mol. The second-order valence-electron chi connectivity index (χ2n) is 4.97. The van der Waals surface area contributed by atoms with Crippen LogP contribution in [-0.4, -0.2) is 54.4 Å². The maximum absolute atomic E-state index is 4.60. The maximum Gasteiger partial charge on any atom is 0.173 e. The average molecular weight is 296 g/mol. The van der Waals surface area contributed by atoms with Gasteiger partial charge in [0.2, 0.25) is 0 Å². The van der Waals surface area contributed by atoms with E-state index in [2.05, 4.69) is 39.9 Å². The molecule has 1 aliphatic rings. The molecule has 112 valence electrons. The number of nitrogens with zero attached hydrogens (tertiary/aromatic N) is 8. The molecule has 8 heteroatoms. The lowest BCUT2D eigenvalue weighted by Gasteiger charge is -2.25. The van der Waals surface area contributed by atoms with Crippen LogP contribution in [0.2, 0.25) is 0 Å². The Balaban J connectivity index is 1.69. The van der Waals surface area contributed by atoms with Crippen molar-refractivity contribution in [3.8, 4) is 0 Å². The SMILES string of the molecule is C(=N\C1CCCCC1/N=C/c1ncncn1)/c1ncncn1. The molecule has 1 fully saturated rings. The van der Waals surface area contributed by atoms with Gasteiger partial charge in [-0.05, 0) is 12.8 Å². The highest BCUT2D eigenvalue weighted by atomic mass is 15.0. The first-order valence-electron chi connectivity index (χ1n) is 7.22. The topological polar surface area (TPSA) is 102 Å². The van der Waals surface area contributed by atoms with Crippen molar-refractivity contribution in [2.24, 2.45) is 9.98 Å². The van der Waals surface area contributed by atoms with E-state index in [1.54, 1.807) is 12.4 Å². The summed E-state index contributed by atoms with van der Waals surface area (Å²) in [7, 11) is 0. The Bertz CT molecular complexity index is 570. The van der Waals surface area contributed by atoms with Crippen LogP contribution in [-0.2, 0) is 0 Å². The Hall–Kier alpha value is -2.64. The van der Waals surface area contributed by atoms with Gasteiger partial charge in [0.25, 0.3) is 0 Å². The third-order valence-electron chi connectivity index (χ3n) is 3.48. The summed E-state index contributed by atoms with van der Waals surface area (Å²) in [4.78, 5) is 33.0. The minimum atomic E-state index is 0.142. The summed E-state index contributed by atoms with van der Waals surface area (Å²) >= 11 is 0. The fourth-order valence-electron chi connectivity index (χ4n) is 2.39. The molecule has 0 radical (unpaired) electrons. The van der Waals surface area contributed by atoms with E-state index in [1.807, 2.05) is 0 Å². The highest BCUT2D eigenvalue weighted by Crippen LogP contribution is 2.23. The Morgan fingerprint density at radius 3 is 1.55 bits per heavy atom. The lowest BCUT2D eigenvalue weighted by molar-refractivity contribution is 0.390. The molecule has 0 saturated heterocycles. The van der Waals surface area contributed by atoms with Crippen molar-refractivity contribution < 1.29 is 0 Å². The largest absolute Gasteiger partial charge is 0.284 e. The summed E-state index contributed by atoms with van der Waals surface area (Å²) in [5.74, 6) is 1.14. The van der Waals surface area contributed by atoms with E-state index in [0.29, 0.717) is 11.6 Å². The van der Waals surface area contributed by atoms with Gasteiger partial charge in [0.05, 0.1) is 24.5 Å². The molecule has 0 spiro atoms. The second-order valence-corrected chi connectivity index (χ2v) is 4.97. The summed E-state index contributed by atoms with van der Waals surface area (Å²) in [5, 5.41) is 0. The van der Waals surface area contributed by atoms with Crippen LogP contribution in [0.5, 0.6) is 0 Å². The van der Waals surface area contributed by atoms with Crippen molar-refractivity contribution in [1.82, 2.24) is 29.9 Å². The molecule has 1 aliphatic carbocycles. The lowest BCUT2D eigenvalue weighted by Crippen LogP contribution is -2.27. The van der Waals surface area contributed by atoms with Gasteiger partial charge in [-0.15, -0.1) is 0 Å². The number of hydrogen-bond donors (Lipinski definition) is 0. The summed E-state index contributed by atoms with van der Waals surface area (Å²) < 4.78 is 0. The van der Waals surface area contributed by atoms with E-state index < -0.39 is 0 Å². The molecule has 2 atom stereocenters. The van der Waals surface area contributed by atoms with Crippen LogP contribution in [0.25, 0.3) is 0 Å². The quantitative estimate of drug-likeness (QED) is 0.777. The van der Waals surface area contributed by atoms with Gasteiger partial charge in [0.1, 0.15) is 25.3 Å². The fraction of sp³-hybridized carbons (Fsp3) is 0.429. The van der Waals surface area contributed by atoms with Crippen molar-refractivity contribution in [3.63, 3.8) is 0 Å². The Kier molecular flexibility index (Phi) is 4.81. The van der Waals surface area contributed by atoms with Crippen LogP contribution in [0.4, 0.5) is 0 Å². The molecule has 2 aromatic rings. The van der Waals surface area contributed by atoms with Gasteiger partial charge in [-0.1, -0.05) is 12.8 Å². The molecule has 8 nitrogen and oxygen atoms in total. The molecule has 3 rings (SSSR count). The zero-order valence-corrected chi connectivity index (χ0v) is 12.0. The molecule has 0 aromatic carbocycles. The Morgan fingerprint density at radius 2 is 1.14 bits per heavy atom. The van der Waals surface area contributed by atoms with Crippen molar-refractivity contribution in [1.29, 1.82) is 0 Å². The first-order valence-corrected chi connectivity index (χ1v) is 7.22. The van der Waals surface area contributed by atoms with Gasteiger partial charge in [-0.25, -0.2) is 29.9 Å². The van der Waals surface area contributed by atoms with Gasteiger partial charge in [-0.2, -0.15) is 0 Å². The second kappa shape index (κ2) is 7.39.